The molecule has 21 heavy (non-hydrogen) atoms. The van der Waals surface area contributed by atoms with Crippen molar-refractivity contribution in [2.45, 2.75) is 44.9 Å². The summed E-state index contributed by atoms with van der Waals surface area (Å²) in [5, 5.41) is 8.00. The van der Waals surface area contributed by atoms with E-state index in [2.05, 4.69) is 53.9 Å². The zero-order valence-electron chi connectivity index (χ0n) is 12.5. The standard InChI is InChI=1S/C17H23N3O/c1-2-17(14-7-4-3-5-8-14)19-15-11-18-20(12-15)13-16-9-6-10-21-16/h3-5,7-8,11-12,16-17,19H,2,6,9-10,13H2,1H3. The minimum Gasteiger partial charge on any atom is -0.376 e. The second-order valence-electron chi connectivity index (χ2n) is 5.60. The summed E-state index contributed by atoms with van der Waals surface area (Å²) in [6.45, 7) is 3.94. The molecule has 1 aliphatic heterocycles. The van der Waals surface area contributed by atoms with Crippen LogP contribution in [0.3, 0.4) is 0 Å². The summed E-state index contributed by atoms with van der Waals surface area (Å²) in [4.78, 5) is 0. The van der Waals surface area contributed by atoms with Crippen LogP contribution in [0.2, 0.25) is 0 Å². The van der Waals surface area contributed by atoms with Gasteiger partial charge in [-0.1, -0.05) is 37.3 Å². The van der Waals surface area contributed by atoms with Crippen LogP contribution in [-0.4, -0.2) is 22.5 Å². The number of nitrogens with zero attached hydrogens (tertiary/aromatic N) is 2. The van der Waals surface area contributed by atoms with E-state index in [0.29, 0.717) is 12.1 Å². The molecule has 0 amide bonds. The maximum Gasteiger partial charge on any atom is 0.0771 e. The Morgan fingerprint density at radius 3 is 2.95 bits per heavy atom. The predicted molar refractivity (Wildman–Crippen MR) is 84.3 cm³/mol. The van der Waals surface area contributed by atoms with Gasteiger partial charge in [0, 0.05) is 12.8 Å². The summed E-state index contributed by atoms with van der Waals surface area (Å²) in [5.74, 6) is 0. The summed E-state index contributed by atoms with van der Waals surface area (Å²) in [7, 11) is 0. The van der Waals surface area contributed by atoms with Crippen LogP contribution in [0.5, 0.6) is 0 Å². The third-order valence-corrected chi connectivity index (χ3v) is 4.00. The van der Waals surface area contributed by atoms with Crippen molar-refractivity contribution in [3.63, 3.8) is 0 Å². The molecule has 112 valence electrons. The monoisotopic (exact) mass is 285 g/mol. The Labute approximate surface area is 126 Å². The lowest BCUT2D eigenvalue weighted by atomic mass is 10.0. The first-order chi connectivity index (χ1) is 10.3. The van der Waals surface area contributed by atoms with Crippen molar-refractivity contribution in [1.29, 1.82) is 0 Å². The van der Waals surface area contributed by atoms with Crippen molar-refractivity contribution < 1.29 is 4.74 Å². The van der Waals surface area contributed by atoms with Crippen molar-refractivity contribution in [3.8, 4) is 0 Å². The van der Waals surface area contributed by atoms with Crippen molar-refractivity contribution in [2.24, 2.45) is 0 Å². The van der Waals surface area contributed by atoms with Crippen LogP contribution in [0, 0.1) is 0 Å². The van der Waals surface area contributed by atoms with Gasteiger partial charge in [0.05, 0.1) is 30.6 Å². The van der Waals surface area contributed by atoms with Gasteiger partial charge >= 0.3 is 0 Å². The maximum atomic E-state index is 5.66. The van der Waals surface area contributed by atoms with Crippen molar-refractivity contribution >= 4 is 5.69 Å². The van der Waals surface area contributed by atoms with E-state index in [0.717, 1.165) is 31.7 Å². The molecule has 4 nitrogen and oxygen atoms in total. The fourth-order valence-corrected chi connectivity index (χ4v) is 2.84. The molecule has 0 aliphatic carbocycles. The molecule has 1 N–H and O–H groups in total. The number of ether oxygens (including phenoxy) is 1. The van der Waals surface area contributed by atoms with Crippen LogP contribution >= 0.6 is 0 Å². The maximum absolute atomic E-state index is 5.66. The highest BCUT2D eigenvalue weighted by Crippen LogP contribution is 2.22. The molecule has 1 aliphatic rings. The van der Waals surface area contributed by atoms with E-state index in [-0.39, 0.29) is 0 Å². The minimum absolute atomic E-state index is 0.326. The Hall–Kier alpha value is -1.81. The summed E-state index contributed by atoms with van der Waals surface area (Å²) in [5.41, 5.74) is 2.38. The number of nitrogens with one attached hydrogen (secondary N) is 1. The molecule has 0 saturated carbocycles. The molecule has 2 unspecified atom stereocenters. The highest BCUT2D eigenvalue weighted by molar-refractivity contribution is 5.41. The Bertz CT molecular complexity index is 546. The van der Waals surface area contributed by atoms with E-state index in [1.807, 2.05) is 10.9 Å². The van der Waals surface area contributed by atoms with Crippen LogP contribution in [0.25, 0.3) is 0 Å². The first-order valence-corrected chi connectivity index (χ1v) is 7.80. The fraction of sp³-hybridized carbons (Fsp3) is 0.471. The molecular weight excluding hydrogens is 262 g/mol. The van der Waals surface area contributed by atoms with Gasteiger partial charge in [0.15, 0.2) is 0 Å². The van der Waals surface area contributed by atoms with Gasteiger partial charge in [0.25, 0.3) is 0 Å². The lowest BCUT2D eigenvalue weighted by Crippen LogP contribution is -2.15. The van der Waals surface area contributed by atoms with Crippen LogP contribution in [-0.2, 0) is 11.3 Å². The molecular formula is C17H23N3O. The van der Waals surface area contributed by atoms with Gasteiger partial charge in [-0.3, -0.25) is 4.68 Å². The number of rotatable bonds is 6. The van der Waals surface area contributed by atoms with Crippen LogP contribution in [0.4, 0.5) is 5.69 Å². The van der Waals surface area contributed by atoms with Crippen LogP contribution in [0.1, 0.15) is 37.8 Å². The molecule has 0 bridgehead atoms. The lowest BCUT2D eigenvalue weighted by molar-refractivity contribution is 0.0940. The number of benzene rings is 1. The Morgan fingerprint density at radius 1 is 1.38 bits per heavy atom. The average molecular weight is 285 g/mol. The molecule has 2 aromatic rings. The largest absolute Gasteiger partial charge is 0.376 e. The Kier molecular flexibility index (Phi) is 4.55. The number of hydrogen-bond donors (Lipinski definition) is 1. The molecule has 0 radical (unpaired) electrons. The summed E-state index contributed by atoms with van der Waals surface area (Å²) >= 11 is 0. The molecule has 0 spiro atoms. The zero-order valence-corrected chi connectivity index (χ0v) is 12.5. The van der Waals surface area contributed by atoms with Gasteiger partial charge in [-0.25, -0.2) is 0 Å². The second kappa shape index (κ2) is 6.76. The smallest absolute Gasteiger partial charge is 0.0771 e. The van der Waals surface area contributed by atoms with E-state index in [1.54, 1.807) is 0 Å². The molecule has 1 fully saturated rings. The normalized spacial score (nSPS) is 19.6. The van der Waals surface area contributed by atoms with Crippen molar-refractivity contribution in [1.82, 2.24) is 9.78 Å². The minimum atomic E-state index is 0.326. The van der Waals surface area contributed by atoms with E-state index in [9.17, 15) is 0 Å². The number of hydrogen-bond acceptors (Lipinski definition) is 3. The Balaban J connectivity index is 1.62. The second-order valence-corrected chi connectivity index (χ2v) is 5.60. The molecule has 2 heterocycles. The van der Waals surface area contributed by atoms with E-state index in [1.165, 1.54) is 12.0 Å². The van der Waals surface area contributed by atoms with Crippen LogP contribution < -0.4 is 5.32 Å². The molecule has 3 rings (SSSR count). The average Bonchev–Trinajstić information content (AvgIpc) is 3.18. The van der Waals surface area contributed by atoms with Gasteiger partial charge in [0.2, 0.25) is 0 Å². The highest BCUT2D eigenvalue weighted by atomic mass is 16.5. The Morgan fingerprint density at radius 2 is 2.24 bits per heavy atom. The van der Waals surface area contributed by atoms with Gasteiger partial charge < -0.3 is 10.1 Å². The van der Waals surface area contributed by atoms with Crippen molar-refractivity contribution in [2.75, 3.05) is 11.9 Å². The first-order valence-electron chi connectivity index (χ1n) is 7.80. The van der Waals surface area contributed by atoms with Gasteiger partial charge in [0.1, 0.15) is 0 Å². The SMILES string of the molecule is CCC(Nc1cnn(CC2CCCO2)c1)c1ccccc1. The lowest BCUT2D eigenvalue weighted by Gasteiger charge is -2.17. The third-order valence-electron chi connectivity index (χ3n) is 4.00. The molecule has 4 heteroatoms. The predicted octanol–water partition coefficient (Wildman–Crippen LogP) is 3.63. The number of anilines is 1. The topological polar surface area (TPSA) is 39.1 Å². The van der Waals surface area contributed by atoms with Crippen molar-refractivity contribution in [3.05, 3.63) is 48.3 Å². The first kappa shape index (κ1) is 14.1. The summed E-state index contributed by atoms with van der Waals surface area (Å²) in [6, 6.07) is 10.9. The van der Waals surface area contributed by atoms with Gasteiger partial charge in [-0.15, -0.1) is 0 Å². The molecule has 1 aromatic heterocycles. The molecule has 2 atom stereocenters. The van der Waals surface area contributed by atoms with E-state index >= 15 is 0 Å². The third kappa shape index (κ3) is 3.64. The fourth-order valence-electron chi connectivity index (χ4n) is 2.84. The highest BCUT2D eigenvalue weighted by Gasteiger charge is 2.16. The summed E-state index contributed by atoms with van der Waals surface area (Å²) < 4.78 is 7.64. The van der Waals surface area contributed by atoms with E-state index in [4.69, 9.17) is 4.74 Å². The van der Waals surface area contributed by atoms with Gasteiger partial charge in [-0.05, 0) is 24.8 Å². The zero-order chi connectivity index (χ0) is 14.5. The number of aromatic nitrogens is 2. The summed E-state index contributed by atoms with van der Waals surface area (Å²) in [6.07, 6.45) is 7.66. The van der Waals surface area contributed by atoms with Gasteiger partial charge in [-0.2, -0.15) is 5.10 Å². The molecule has 1 aromatic carbocycles. The molecule has 1 saturated heterocycles. The van der Waals surface area contributed by atoms with Crippen LogP contribution in [0.15, 0.2) is 42.7 Å². The van der Waals surface area contributed by atoms with E-state index < -0.39 is 0 Å². The quantitative estimate of drug-likeness (QED) is 0.881.